The van der Waals surface area contributed by atoms with Crippen molar-refractivity contribution in [2.75, 3.05) is 13.1 Å². The van der Waals surface area contributed by atoms with Gasteiger partial charge in [-0.1, -0.05) is 43.6 Å². The van der Waals surface area contributed by atoms with E-state index in [-0.39, 0.29) is 24.5 Å². The molecule has 2 unspecified atom stereocenters. The molecule has 0 aliphatic carbocycles. The number of rotatable bonds is 4. The number of carboxylic acids is 1. The molecule has 1 aliphatic heterocycles. The third-order valence-corrected chi connectivity index (χ3v) is 4.81. The lowest BCUT2D eigenvalue weighted by Gasteiger charge is -2.27. The first-order valence-corrected chi connectivity index (χ1v) is 8.15. The zero-order valence-electron chi connectivity index (χ0n) is 13.7. The van der Waals surface area contributed by atoms with Crippen LogP contribution >= 0.6 is 11.6 Å². The normalized spacial score (nSPS) is 22.2. The first-order valence-electron chi connectivity index (χ1n) is 7.78. The van der Waals surface area contributed by atoms with Gasteiger partial charge in [0.25, 0.3) is 0 Å². The molecule has 0 spiro atoms. The highest BCUT2D eigenvalue weighted by atomic mass is 35.5. The Bertz CT molecular complexity index is 605. The van der Waals surface area contributed by atoms with E-state index in [0.717, 1.165) is 5.56 Å². The molecule has 2 N–H and O–H groups in total. The molecule has 1 heterocycles. The molecule has 1 saturated heterocycles. The van der Waals surface area contributed by atoms with E-state index in [1.807, 2.05) is 32.0 Å². The van der Waals surface area contributed by atoms with Crippen molar-refractivity contribution in [1.82, 2.24) is 10.2 Å². The van der Waals surface area contributed by atoms with Gasteiger partial charge in [-0.3, -0.25) is 4.79 Å². The highest BCUT2D eigenvalue weighted by Gasteiger charge is 2.42. The van der Waals surface area contributed by atoms with Crippen LogP contribution in [-0.4, -0.2) is 35.1 Å². The van der Waals surface area contributed by atoms with Crippen LogP contribution in [0.3, 0.4) is 0 Å². The van der Waals surface area contributed by atoms with Crippen molar-refractivity contribution in [3.8, 4) is 0 Å². The molecular weight excluding hydrogens is 316 g/mol. The Hall–Kier alpha value is -1.75. The topological polar surface area (TPSA) is 69.6 Å². The zero-order valence-corrected chi connectivity index (χ0v) is 14.4. The molecular formula is C17H23ClN2O3. The third kappa shape index (κ3) is 3.78. The number of carbonyl (C=O) groups is 2. The Kier molecular flexibility index (Phi) is 5.19. The van der Waals surface area contributed by atoms with Gasteiger partial charge in [-0.05, 0) is 30.9 Å². The average Bonchev–Trinajstić information content (AvgIpc) is 2.89. The highest BCUT2D eigenvalue weighted by molar-refractivity contribution is 6.31. The molecule has 5 nitrogen and oxygen atoms in total. The van der Waals surface area contributed by atoms with E-state index < -0.39 is 11.4 Å². The molecule has 0 saturated carbocycles. The number of benzene rings is 1. The van der Waals surface area contributed by atoms with Crippen molar-refractivity contribution in [2.24, 2.45) is 11.3 Å². The molecule has 126 valence electrons. The molecule has 6 heteroatoms. The first-order chi connectivity index (χ1) is 10.7. The lowest BCUT2D eigenvalue weighted by Crippen LogP contribution is -2.43. The molecule has 1 aromatic carbocycles. The standard InChI is InChI=1S/C17H23ClN2O3/c1-11(2)14(12-6-4-5-7-13(12)18)19-16(23)20-9-8-17(3,10-20)15(21)22/h4-7,11,14H,8-10H2,1-3H3,(H,19,23)(H,21,22). The minimum Gasteiger partial charge on any atom is -0.481 e. The number of hydrogen-bond acceptors (Lipinski definition) is 2. The molecule has 0 aromatic heterocycles. The summed E-state index contributed by atoms with van der Waals surface area (Å²) in [6, 6.07) is 6.99. The summed E-state index contributed by atoms with van der Waals surface area (Å²) in [5.41, 5.74) is 0.00687. The third-order valence-electron chi connectivity index (χ3n) is 4.46. The SMILES string of the molecule is CC(C)C(NC(=O)N1CCC(C)(C(=O)O)C1)c1ccccc1Cl. The van der Waals surface area contributed by atoms with E-state index >= 15 is 0 Å². The molecule has 0 bridgehead atoms. The summed E-state index contributed by atoms with van der Waals surface area (Å²) >= 11 is 6.25. The lowest BCUT2D eigenvalue weighted by molar-refractivity contribution is -0.147. The molecule has 2 rings (SSSR count). The minimum atomic E-state index is -0.866. The average molecular weight is 339 g/mol. The second kappa shape index (κ2) is 6.79. The van der Waals surface area contributed by atoms with Crippen molar-refractivity contribution in [3.05, 3.63) is 34.9 Å². The first kappa shape index (κ1) is 17.6. The van der Waals surface area contributed by atoms with E-state index in [1.54, 1.807) is 17.9 Å². The number of nitrogens with zero attached hydrogens (tertiary/aromatic N) is 1. The predicted molar refractivity (Wildman–Crippen MR) is 89.5 cm³/mol. The predicted octanol–water partition coefficient (Wildman–Crippen LogP) is 3.54. The smallest absolute Gasteiger partial charge is 0.317 e. The van der Waals surface area contributed by atoms with Gasteiger partial charge in [0.2, 0.25) is 0 Å². The fourth-order valence-corrected chi connectivity index (χ4v) is 3.12. The van der Waals surface area contributed by atoms with Gasteiger partial charge in [-0.2, -0.15) is 0 Å². The van der Waals surface area contributed by atoms with Crippen molar-refractivity contribution in [2.45, 2.75) is 33.2 Å². The number of aliphatic carboxylic acids is 1. The maximum Gasteiger partial charge on any atom is 0.317 e. The number of hydrogen-bond donors (Lipinski definition) is 2. The van der Waals surface area contributed by atoms with Crippen molar-refractivity contribution >= 4 is 23.6 Å². The second-order valence-electron chi connectivity index (χ2n) is 6.73. The molecule has 1 aromatic rings. The van der Waals surface area contributed by atoms with E-state index in [0.29, 0.717) is 18.0 Å². The Morgan fingerprint density at radius 1 is 1.35 bits per heavy atom. The maximum absolute atomic E-state index is 12.5. The van der Waals surface area contributed by atoms with Crippen molar-refractivity contribution in [3.63, 3.8) is 0 Å². The molecule has 23 heavy (non-hydrogen) atoms. The highest BCUT2D eigenvalue weighted by Crippen LogP contribution is 2.32. The zero-order chi connectivity index (χ0) is 17.2. The lowest BCUT2D eigenvalue weighted by atomic mass is 9.90. The quantitative estimate of drug-likeness (QED) is 0.882. The van der Waals surface area contributed by atoms with Crippen LogP contribution in [0.4, 0.5) is 4.79 Å². The molecule has 2 atom stereocenters. The Labute approximate surface area is 141 Å². The van der Waals surface area contributed by atoms with Crippen LogP contribution < -0.4 is 5.32 Å². The van der Waals surface area contributed by atoms with Gasteiger partial charge < -0.3 is 15.3 Å². The Morgan fingerprint density at radius 2 is 2.00 bits per heavy atom. The van der Waals surface area contributed by atoms with Gasteiger partial charge in [-0.15, -0.1) is 0 Å². The summed E-state index contributed by atoms with van der Waals surface area (Å²) in [6.45, 7) is 6.37. The number of urea groups is 1. The number of amides is 2. The number of carboxylic acid groups (broad SMARTS) is 1. The van der Waals surface area contributed by atoms with Crippen LogP contribution in [-0.2, 0) is 4.79 Å². The summed E-state index contributed by atoms with van der Waals surface area (Å²) in [5, 5.41) is 12.9. The van der Waals surface area contributed by atoms with Crippen molar-refractivity contribution in [1.29, 1.82) is 0 Å². The van der Waals surface area contributed by atoms with E-state index in [1.165, 1.54) is 0 Å². The van der Waals surface area contributed by atoms with Crippen LogP contribution in [0.2, 0.25) is 5.02 Å². The minimum absolute atomic E-state index is 0.160. The summed E-state index contributed by atoms with van der Waals surface area (Å²) in [4.78, 5) is 25.4. The summed E-state index contributed by atoms with van der Waals surface area (Å²) < 4.78 is 0. The molecule has 0 radical (unpaired) electrons. The van der Waals surface area contributed by atoms with E-state index in [2.05, 4.69) is 5.32 Å². The van der Waals surface area contributed by atoms with Gasteiger partial charge >= 0.3 is 12.0 Å². The van der Waals surface area contributed by atoms with Crippen LogP contribution in [0.25, 0.3) is 0 Å². The summed E-state index contributed by atoms with van der Waals surface area (Å²) in [6.07, 6.45) is 0.466. The van der Waals surface area contributed by atoms with Crippen LogP contribution in [0.5, 0.6) is 0 Å². The Morgan fingerprint density at radius 3 is 2.52 bits per heavy atom. The fraction of sp³-hybridized carbons (Fsp3) is 0.529. The van der Waals surface area contributed by atoms with Gasteiger partial charge in [0.05, 0.1) is 11.5 Å². The van der Waals surface area contributed by atoms with Crippen LogP contribution in [0.1, 0.15) is 38.8 Å². The largest absolute Gasteiger partial charge is 0.481 e. The molecule has 1 aliphatic rings. The van der Waals surface area contributed by atoms with E-state index in [9.17, 15) is 14.7 Å². The molecule has 2 amide bonds. The monoisotopic (exact) mass is 338 g/mol. The summed E-state index contributed by atoms with van der Waals surface area (Å²) in [5.74, 6) is -0.702. The maximum atomic E-state index is 12.5. The van der Waals surface area contributed by atoms with E-state index in [4.69, 9.17) is 11.6 Å². The van der Waals surface area contributed by atoms with Crippen molar-refractivity contribution < 1.29 is 14.7 Å². The number of carbonyl (C=O) groups excluding carboxylic acids is 1. The van der Waals surface area contributed by atoms with Gasteiger partial charge in [-0.25, -0.2) is 4.79 Å². The fourth-order valence-electron chi connectivity index (χ4n) is 2.86. The van der Waals surface area contributed by atoms with Crippen LogP contribution in [0.15, 0.2) is 24.3 Å². The summed E-state index contributed by atoms with van der Waals surface area (Å²) in [7, 11) is 0. The number of likely N-dealkylation sites (tertiary alicyclic amines) is 1. The van der Waals surface area contributed by atoms with Gasteiger partial charge in [0, 0.05) is 18.1 Å². The molecule has 1 fully saturated rings. The number of nitrogens with one attached hydrogen (secondary N) is 1. The van der Waals surface area contributed by atoms with Gasteiger partial charge in [0.15, 0.2) is 0 Å². The second-order valence-corrected chi connectivity index (χ2v) is 7.14. The van der Waals surface area contributed by atoms with Crippen LogP contribution in [0, 0.1) is 11.3 Å². The Balaban J connectivity index is 2.11. The van der Waals surface area contributed by atoms with Gasteiger partial charge in [0.1, 0.15) is 0 Å². The number of halogens is 1.